The average Bonchev–Trinajstić information content (AvgIpc) is 2.18. The van der Waals surface area contributed by atoms with Gasteiger partial charge < -0.3 is 9.47 Å². The molecule has 1 heterocycles. The molecule has 1 saturated heterocycles. The second kappa shape index (κ2) is 7.40. The molecule has 0 amide bonds. The molecule has 7 heteroatoms. The van der Waals surface area contributed by atoms with E-state index in [1.807, 2.05) is 0 Å². The van der Waals surface area contributed by atoms with Crippen molar-refractivity contribution >= 4 is 24.5 Å². The van der Waals surface area contributed by atoms with Crippen molar-refractivity contribution in [3.05, 3.63) is 0 Å². The zero-order chi connectivity index (χ0) is 11.3. The maximum absolute atomic E-state index is 12.8. The number of ether oxygens (including phenoxy) is 2. The van der Waals surface area contributed by atoms with Gasteiger partial charge in [0.2, 0.25) is 0 Å². The molecule has 0 N–H and O–H groups in total. The van der Waals surface area contributed by atoms with E-state index in [0.29, 0.717) is 24.5 Å². The molecule has 0 aromatic rings. The predicted molar refractivity (Wildman–Crippen MR) is 55.8 cm³/mol. The van der Waals surface area contributed by atoms with E-state index in [-0.39, 0.29) is 25.6 Å². The van der Waals surface area contributed by atoms with Gasteiger partial charge in [-0.25, -0.2) is 4.79 Å². The van der Waals surface area contributed by atoms with Crippen LogP contribution in [-0.4, -0.2) is 36.9 Å². The average molecular weight is 256 g/mol. The molecule has 0 radical (unpaired) electrons. The molecule has 1 fully saturated rings. The lowest BCUT2D eigenvalue weighted by Crippen LogP contribution is -2.35. The molecule has 1 aliphatic rings. The predicted octanol–water partition coefficient (Wildman–Crippen LogP) is 1.70. The minimum absolute atomic E-state index is 0. The van der Waals surface area contributed by atoms with Crippen LogP contribution in [0.25, 0.3) is 0 Å². The number of halogens is 2. The third kappa shape index (κ3) is 4.76. The number of carbonyl (C=O) groups is 2. The Bertz CT molecular complexity index is 252. The Hall–Kier alpha value is -0.880. The van der Waals surface area contributed by atoms with Crippen molar-refractivity contribution in [3.63, 3.8) is 0 Å². The number of hydrogen-bond donors (Lipinski definition) is 0. The summed E-state index contributed by atoms with van der Waals surface area (Å²) in [5.74, 6) is -1.29. The summed E-state index contributed by atoms with van der Waals surface area (Å²) >= 11 is 0. The van der Waals surface area contributed by atoms with Gasteiger partial charge in [-0.15, -0.1) is 22.0 Å². The summed E-state index contributed by atoms with van der Waals surface area (Å²) in [7, 11) is 0. The Labute approximate surface area is 99.2 Å². The van der Waals surface area contributed by atoms with Crippen molar-refractivity contribution in [1.82, 2.24) is 5.12 Å². The van der Waals surface area contributed by atoms with Gasteiger partial charge in [-0.05, 0) is 19.8 Å². The Morgan fingerprint density at radius 2 is 2.19 bits per heavy atom. The summed E-state index contributed by atoms with van der Waals surface area (Å²) in [5.41, 5.74) is 0. The molecule has 5 nitrogen and oxygen atoms in total. The summed E-state index contributed by atoms with van der Waals surface area (Å²) < 4.78 is 21.6. The van der Waals surface area contributed by atoms with Crippen LogP contribution in [-0.2, 0) is 14.3 Å². The first kappa shape index (κ1) is 15.1. The lowest BCUT2D eigenvalue weighted by atomic mass is 10.00. The van der Waals surface area contributed by atoms with Crippen LogP contribution in [0.15, 0.2) is 0 Å². The minimum Gasteiger partial charge on any atom is -0.434 e. The van der Waals surface area contributed by atoms with Crippen molar-refractivity contribution in [2.45, 2.75) is 19.8 Å². The molecule has 94 valence electrons. The second-order valence-electron chi connectivity index (χ2n) is 3.31. The van der Waals surface area contributed by atoms with E-state index in [1.54, 1.807) is 6.92 Å². The molecular weight excluding hydrogens is 241 g/mol. The number of esters is 1. The van der Waals surface area contributed by atoms with E-state index < -0.39 is 18.0 Å². The van der Waals surface area contributed by atoms with E-state index in [0.717, 1.165) is 0 Å². The molecule has 0 aliphatic carbocycles. The highest BCUT2D eigenvalue weighted by atomic mass is 35.5. The summed E-state index contributed by atoms with van der Waals surface area (Å²) in [4.78, 5) is 22.1. The van der Waals surface area contributed by atoms with E-state index in [9.17, 15) is 14.1 Å². The Kier molecular flexibility index (Phi) is 7.00. The summed E-state index contributed by atoms with van der Waals surface area (Å²) in [6.07, 6.45) is 0.107. The topological polar surface area (TPSA) is 55.8 Å². The van der Waals surface area contributed by atoms with Crippen LogP contribution >= 0.6 is 12.4 Å². The van der Waals surface area contributed by atoms with Gasteiger partial charge >= 0.3 is 12.1 Å². The maximum atomic E-state index is 12.8. The smallest absolute Gasteiger partial charge is 0.434 e. The van der Waals surface area contributed by atoms with Gasteiger partial charge in [-0.3, -0.25) is 4.79 Å². The highest BCUT2D eigenvalue weighted by Gasteiger charge is 2.28. The molecule has 1 unspecified atom stereocenters. The van der Waals surface area contributed by atoms with Crippen LogP contribution in [0.1, 0.15) is 19.8 Å². The fraction of sp³-hybridized carbons (Fsp3) is 0.778. The van der Waals surface area contributed by atoms with Crippen LogP contribution in [0, 0.1) is 5.92 Å². The first-order valence-corrected chi connectivity index (χ1v) is 4.92. The number of hydrogen-bond acceptors (Lipinski definition) is 5. The van der Waals surface area contributed by atoms with Gasteiger partial charge in [0, 0.05) is 13.1 Å². The maximum Gasteiger partial charge on any atom is 0.516 e. The molecule has 0 aromatic heterocycles. The van der Waals surface area contributed by atoms with Crippen molar-refractivity contribution in [1.29, 1.82) is 0 Å². The van der Waals surface area contributed by atoms with E-state index in [2.05, 4.69) is 9.47 Å². The molecule has 0 spiro atoms. The molecule has 1 atom stereocenters. The first-order chi connectivity index (χ1) is 7.13. The van der Waals surface area contributed by atoms with Crippen LogP contribution in [0.2, 0.25) is 0 Å². The number of piperidine rings is 1. The highest BCUT2D eigenvalue weighted by molar-refractivity contribution is 5.85. The quantitative estimate of drug-likeness (QED) is 0.427. The van der Waals surface area contributed by atoms with Crippen LogP contribution in [0.4, 0.5) is 9.28 Å². The van der Waals surface area contributed by atoms with Gasteiger partial charge in [0.15, 0.2) is 0 Å². The van der Waals surface area contributed by atoms with Crippen molar-refractivity contribution < 1.29 is 23.5 Å². The number of rotatable bonds is 2. The lowest BCUT2D eigenvalue weighted by Gasteiger charge is -2.23. The largest absolute Gasteiger partial charge is 0.516 e. The van der Waals surface area contributed by atoms with E-state index in [1.165, 1.54) is 0 Å². The van der Waals surface area contributed by atoms with Gasteiger partial charge in [-0.1, -0.05) is 0 Å². The SMILES string of the molecule is CCOC(=O)OC(=O)C1CCCN(F)C1.Cl. The minimum atomic E-state index is -1.02. The molecule has 16 heavy (non-hydrogen) atoms. The Balaban J connectivity index is 0.00000225. The molecular formula is C9H15ClFNO4. The number of nitrogens with zero attached hydrogens (tertiary/aromatic N) is 1. The van der Waals surface area contributed by atoms with Gasteiger partial charge in [0.1, 0.15) is 0 Å². The van der Waals surface area contributed by atoms with Crippen LogP contribution < -0.4 is 0 Å². The van der Waals surface area contributed by atoms with Crippen molar-refractivity contribution in [2.75, 3.05) is 19.7 Å². The van der Waals surface area contributed by atoms with Gasteiger partial charge in [0.25, 0.3) is 0 Å². The van der Waals surface area contributed by atoms with E-state index >= 15 is 0 Å². The fourth-order valence-corrected chi connectivity index (χ4v) is 1.44. The zero-order valence-electron chi connectivity index (χ0n) is 8.98. The van der Waals surface area contributed by atoms with Crippen LogP contribution in [0.5, 0.6) is 0 Å². The van der Waals surface area contributed by atoms with Gasteiger partial charge in [0.05, 0.1) is 12.5 Å². The molecule has 1 aliphatic heterocycles. The Morgan fingerprint density at radius 3 is 2.75 bits per heavy atom. The molecule has 0 saturated carbocycles. The summed E-state index contributed by atoms with van der Waals surface area (Å²) in [6.45, 7) is 2.06. The monoisotopic (exact) mass is 255 g/mol. The van der Waals surface area contributed by atoms with Crippen LogP contribution in [0.3, 0.4) is 0 Å². The fourth-order valence-electron chi connectivity index (χ4n) is 1.44. The molecule has 0 aromatic carbocycles. The number of carbonyl (C=O) groups excluding carboxylic acids is 2. The molecule has 0 bridgehead atoms. The molecule has 1 rings (SSSR count). The second-order valence-corrected chi connectivity index (χ2v) is 3.31. The summed E-state index contributed by atoms with van der Waals surface area (Å²) in [6, 6.07) is 0. The van der Waals surface area contributed by atoms with Gasteiger partial charge in [-0.2, -0.15) is 0 Å². The van der Waals surface area contributed by atoms with E-state index in [4.69, 9.17) is 0 Å². The lowest BCUT2D eigenvalue weighted by molar-refractivity contribution is -0.149. The van der Waals surface area contributed by atoms with Crippen molar-refractivity contribution in [2.24, 2.45) is 5.92 Å². The standard InChI is InChI=1S/C9H14FNO4.ClH/c1-2-14-9(13)15-8(12)7-4-3-5-11(10)6-7;/h7H,2-6H2,1H3;1H. The first-order valence-electron chi connectivity index (χ1n) is 4.92. The highest BCUT2D eigenvalue weighted by Crippen LogP contribution is 2.18. The summed E-state index contributed by atoms with van der Waals surface area (Å²) in [5, 5.41) is 0.556. The normalized spacial score (nSPS) is 20.8. The Morgan fingerprint density at radius 1 is 1.50 bits per heavy atom. The third-order valence-electron chi connectivity index (χ3n) is 2.15. The van der Waals surface area contributed by atoms with Crippen molar-refractivity contribution in [3.8, 4) is 0 Å². The third-order valence-corrected chi connectivity index (χ3v) is 2.15. The zero-order valence-corrected chi connectivity index (χ0v) is 9.80.